The number of rotatable bonds is 39. The zero-order valence-electron chi connectivity index (χ0n) is 56.8. The molecule has 11 amide bonds. The van der Waals surface area contributed by atoms with Gasteiger partial charge in [-0.25, -0.2) is 4.98 Å². The van der Waals surface area contributed by atoms with Crippen LogP contribution in [0.1, 0.15) is 68.0 Å². The van der Waals surface area contributed by atoms with Gasteiger partial charge in [-0.3, -0.25) is 62.3 Å². The molecule has 1 aromatic heterocycles. The molecule has 5 aromatic carbocycles. The third-order valence-electron chi connectivity index (χ3n) is 16.2. The Balaban J connectivity index is 1.12. The summed E-state index contributed by atoms with van der Waals surface area (Å²) >= 11 is 0. The lowest BCUT2D eigenvalue weighted by Crippen LogP contribution is -2.63. The van der Waals surface area contributed by atoms with E-state index in [0.29, 0.717) is 22.4 Å². The molecule has 0 radical (unpaired) electrons. The Morgan fingerprint density at radius 2 is 0.932 bits per heavy atom. The maximum Gasteiger partial charge on any atom is 0.305 e. The number of H-pyrrole nitrogens is 1. The van der Waals surface area contributed by atoms with Crippen LogP contribution in [0.3, 0.4) is 0 Å². The summed E-state index contributed by atoms with van der Waals surface area (Å²) in [5.74, 6) is -15.0. The van der Waals surface area contributed by atoms with Crippen molar-refractivity contribution in [1.29, 1.82) is 0 Å². The first-order valence-corrected chi connectivity index (χ1v) is 32.8. The molecular weight excluding hydrogens is 1340 g/mol. The molecule has 0 aliphatic rings. The summed E-state index contributed by atoms with van der Waals surface area (Å²) in [5, 5.41) is 74.9. The largest absolute Gasteiger partial charge is 0.481 e. The summed E-state index contributed by atoms with van der Waals surface area (Å²) in [6, 6.07) is 22.6. The van der Waals surface area contributed by atoms with Crippen LogP contribution in [0.25, 0.3) is 22.3 Å². The Morgan fingerprint density at radius 3 is 1.47 bits per heavy atom. The van der Waals surface area contributed by atoms with Crippen molar-refractivity contribution in [3.8, 4) is 22.3 Å². The van der Waals surface area contributed by atoms with Crippen LogP contribution in [0.15, 0.2) is 146 Å². The lowest BCUT2D eigenvalue weighted by Gasteiger charge is -2.28. The van der Waals surface area contributed by atoms with Crippen LogP contribution in [0.4, 0.5) is 0 Å². The Morgan fingerprint density at radius 1 is 0.466 bits per heavy atom. The van der Waals surface area contributed by atoms with Crippen LogP contribution in [0.2, 0.25) is 0 Å². The number of aliphatic carboxylic acids is 2. The van der Waals surface area contributed by atoms with Gasteiger partial charge in [0.1, 0.15) is 54.4 Å². The van der Waals surface area contributed by atoms with Crippen LogP contribution in [0.5, 0.6) is 0 Å². The number of nitrogens with one attached hydrogen (secondary N) is 11. The number of hydrogen-bond acceptors (Lipinski definition) is 18. The van der Waals surface area contributed by atoms with Crippen molar-refractivity contribution in [3.63, 3.8) is 0 Å². The zero-order chi connectivity index (χ0) is 75.4. The molecule has 0 saturated heterocycles. The fourth-order valence-corrected chi connectivity index (χ4v) is 10.5. The number of carboxylic acids is 2. The average Bonchev–Trinajstić information content (AvgIpc) is 0.872. The molecular formula is C71H86N14O18. The Kier molecular flexibility index (Phi) is 30.6. The fourth-order valence-electron chi connectivity index (χ4n) is 10.5. The van der Waals surface area contributed by atoms with Crippen molar-refractivity contribution >= 4 is 76.9 Å². The summed E-state index contributed by atoms with van der Waals surface area (Å²) < 4.78 is 0. The maximum absolute atomic E-state index is 14.4. The van der Waals surface area contributed by atoms with Gasteiger partial charge in [0.15, 0.2) is 0 Å². The van der Waals surface area contributed by atoms with Crippen LogP contribution in [-0.2, 0) is 88.0 Å². The van der Waals surface area contributed by atoms with E-state index in [1.807, 2.05) is 73.7 Å². The molecule has 0 unspecified atom stereocenters. The number of nitrogens with two attached hydrogens (primary N) is 2. The predicted molar refractivity (Wildman–Crippen MR) is 371 cm³/mol. The number of carbonyl (C=O) groups excluding carboxylic acids is 11. The van der Waals surface area contributed by atoms with E-state index in [1.165, 1.54) is 19.4 Å². The molecule has 103 heavy (non-hydrogen) atoms. The first-order valence-electron chi connectivity index (χ1n) is 32.8. The fraction of sp³-hybridized carbons (Fsp3) is 0.352. The van der Waals surface area contributed by atoms with Crippen molar-refractivity contribution in [2.24, 2.45) is 11.5 Å². The van der Waals surface area contributed by atoms with Crippen LogP contribution < -0.4 is 64.6 Å². The van der Waals surface area contributed by atoms with Gasteiger partial charge in [-0.1, -0.05) is 139 Å². The van der Waals surface area contributed by atoms with E-state index >= 15 is 0 Å². The number of aromatic nitrogens is 2. The minimum absolute atomic E-state index is 0.0110. The van der Waals surface area contributed by atoms with Crippen molar-refractivity contribution in [2.45, 2.75) is 145 Å². The minimum atomic E-state index is -2.04. The smallest absolute Gasteiger partial charge is 0.305 e. The van der Waals surface area contributed by atoms with Gasteiger partial charge in [0.05, 0.1) is 49.8 Å². The molecule has 548 valence electrons. The van der Waals surface area contributed by atoms with Crippen LogP contribution >= 0.6 is 0 Å². The van der Waals surface area contributed by atoms with Crippen molar-refractivity contribution in [2.75, 3.05) is 13.2 Å². The predicted octanol–water partition coefficient (Wildman–Crippen LogP) is -2.27. The highest BCUT2D eigenvalue weighted by molar-refractivity contribution is 6.00. The monoisotopic (exact) mass is 1420 g/mol. The van der Waals surface area contributed by atoms with E-state index in [1.54, 1.807) is 66.7 Å². The van der Waals surface area contributed by atoms with Crippen LogP contribution in [-0.4, -0.2) is 198 Å². The average molecular weight is 1420 g/mol. The highest BCUT2D eigenvalue weighted by Gasteiger charge is 2.37. The number of carboxylic acid groups (broad SMARTS) is 2. The van der Waals surface area contributed by atoms with Crippen molar-refractivity contribution in [1.82, 2.24) is 63.1 Å². The molecule has 1 heterocycles. The van der Waals surface area contributed by atoms with Gasteiger partial charge in [0.2, 0.25) is 65.0 Å². The quantitative estimate of drug-likeness (QED) is 0.0193. The second-order valence-electron chi connectivity index (χ2n) is 24.5. The third kappa shape index (κ3) is 25.7. The number of hydrogen-bond donors (Lipinski definition) is 18. The number of aliphatic hydroxyl groups excluding tert-OH is 3. The maximum atomic E-state index is 14.4. The van der Waals surface area contributed by atoms with E-state index in [2.05, 4.69) is 63.1 Å². The summed E-state index contributed by atoms with van der Waals surface area (Å²) in [7, 11) is 0. The number of imidazole rings is 1. The highest BCUT2D eigenvalue weighted by atomic mass is 16.4. The second kappa shape index (κ2) is 39.3. The zero-order valence-corrected chi connectivity index (χ0v) is 56.8. The van der Waals surface area contributed by atoms with E-state index in [0.717, 1.165) is 41.7 Å². The number of amides is 11. The van der Waals surface area contributed by atoms with Gasteiger partial charge in [0.25, 0.3) is 0 Å². The normalized spacial score (nSPS) is 14.5. The lowest BCUT2D eigenvalue weighted by molar-refractivity contribution is -0.142. The molecule has 20 N–H and O–H groups in total. The number of aryl methyl sites for hydroxylation is 1. The summed E-state index contributed by atoms with van der Waals surface area (Å²) in [6.45, 7) is 3.21. The van der Waals surface area contributed by atoms with Gasteiger partial charge < -0.3 is 95.2 Å². The van der Waals surface area contributed by atoms with Crippen LogP contribution in [0, 0.1) is 6.92 Å². The van der Waals surface area contributed by atoms with E-state index in [4.69, 9.17) is 11.5 Å². The summed E-state index contributed by atoms with van der Waals surface area (Å²) in [5.41, 5.74) is 18.3. The summed E-state index contributed by atoms with van der Waals surface area (Å²) in [6.07, 6.45) is -3.57. The Labute approximate surface area is 591 Å². The number of nitrogens with zero attached hydrogens (tertiary/aromatic N) is 1. The molecule has 0 fully saturated rings. The molecule has 0 aliphatic carbocycles. The van der Waals surface area contributed by atoms with E-state index in [9.17, 15) is 87.9 Å². The highest BCUT2D eigenvalue weighted by Crippen LogP contribution is 2.23. The van der Waals surface area contributed by atoms with E-state index < -0.39 is 182 Å². The molecule has 32 heteroatoms. The molecule has 0 spiro atoms. The van der Waals surface area contributed by atoms with Crippen molar-refractivity contribution in [3.05, 3.63) is 174 Å². The first-order chi connectivity index (χ1) is 49.0. The Hall–Kier alpha value is -11.7. The topological polar surface area (TPSA) is 524 Å². The molecule has 12 atom stereocenters. The van der Waals surface area contributed by atoms with Gasteiger partial charge in [-0.05, 0) is 73.1 Å². The number of aromatic amines is 1. The molecule has 32 nitrogen and oxygen atoms in total. The number of benzene rings is 5. The molecule has 6 aromatic rings. The molecule has 0 aliphatic heterocycles. The standard InChI is InChI=1S/C71H86N14O18/c1-38-12-11-17-48(28-38)47-24-20-43(21-25-47)29-52(62(73)94)79-66(98)53(31-44-18-22-46(23-19-44)45-15-9-6-10-16-45)80-67(99)55(33-59(92)93)81-69(101)56(36-86)83-71(103)61(41(4)88)85-68(100)54(30-42-13-7-5-8-14-42)82-70(102)60(40(3)87)84-57(89)35-75-65(97)51(26-27-58(90)91)78-63(95)39(2)77-64(96)50(72)32-49-34-74-37-76-49/h5-25,28,34,37,39-41,50-56,60-61,86-88H,26-27,29-33,35-36,72H2,1-4H3,(H2,73,94)(H,74,76)(H,75,97)(H,77,96)(H,78,95)(H,79,98)(H,80,99)(H,81,101)(H,82,102)(H,83,103)(H,84,89)(H,85,100)(H,90,91)(H,92,93)/t39-,40+,41+,50-,51-,52-,53-,54-,55-,56-,60-,61-/m0/s1. The van der Waals surface area contributed by atoms with Gasteiger partial charge in [-0.15, -0.1) is 0 Å². The first kappa shape index (κ1) is 80.2. The number of carbonyl (C=O) groups is 13. The van der Waals surface area contributed by atoms with Gasteiger partial charge >= 0.3 is 11.9 Å². The minimum Gasteiger partial charge on any atom is -0.481 e. The SMILES string of the molecule is Cc1cccc(-c2ccc(C[C@H](NC(=O)[C@H](Cc3ccc(-c4ccccc4)cc3)NC(=O)[C@H](CC(=O)O)NC(=O)[C@H](CO)NC(=O)[C@@H](NC(=O)[C@H](Cc3ccccc3)NC(=O)[C@@H](NC(=O)CNC(=O)[C@H](CCC(=O)O)NC(=O)[C@H](C)NC(=O)[C@@H](N)Cc3c[nH]cn3)[C@@H](C)O)[C@@H](C)O)C(N)=O)cc2)c1. The lowest BCUT2D eigenvalue weighted by atomic mass is 9.98. The Bertz CT molecular complexity index is 3920. The van der Waals surface area contributed by atoms with Gasteiger partial charge in [0, 0.05) is 38.3 Å². The third-order valence-corrected chi connectivity index (χ3v) is 16.2. The second-order valence-corrected chi connectivity index (χ2v) is 24.5. The summed E-state index contributed by atoms with van der Waals surface area (Å²) in [4.78, 5) is 181. The number of primary amides is 1. The van der Waals surface area contributed by atoms with E-state index in [-0.39, 0.29) is 25.7 Å². The molecule has 6 rings (SSSR count). The number of aliphatic hydroxyl groups is 3. The van der Waals surface area contributed by atoms with Crippen molar-refractivity contribution < 1.29 is 87.9 Å². The molecule has 0 bridgehead atoms. The molecule has 0 saturated carbocycles. The van der Waals surface area contributed by atoms with Gasteiger partial charge in [-0.2, -0.15) is 0 Å².